The molecule has 0 unspecified atom stereocenters. The van der Waals surface area contributed by atoms with E-state index >= 15 is 0 Å². The van der Waals surface area contributed by atoms with Gasteiger partial charge in [0, 0.05) is 6.42 Å². The summed E-state index contributed by atoms with van der Waals surface area (Å²) in [4.78, 5) is 36.2. The Morgan fingerprint density at radius 3 is 1.77 bits per heavy atom. The molecule has 0 atom stereocenters. The third kappa shape index (κ3) is 18.1. The number of rotatable bonds is 19. The maximum atomic E-state index is 13.1. The van der Waals surface area contributed by atoms with Gasteiger partial charge in [-0.25, -0.2) is 9.59 Å². The minimum atomic E-state index is -4.70. The summed E-state index contributed by atoms with van der Waals surface area (Å²) in [6.07, 6.45) is 26.4. The van der Waals surface area contributed by atoms with Crippen LogP contribution in [0.3, 0.4) is 0 Å². The van der Waals surface area contributed by atoms with Gasteiger partial charge in [0.2, 0.25) is 5.91 Å². The average molecular weight is 602 g/mol. The van der Waals surface area contributed by atoms with Crippen LogP contribution in [0.1, 0.15) is 81.1 Å². The highest BCUT2D eigenvalue weighted by Gasteiger charge is 2.32. The van der Waals surface area contributed by atoms with Gasteiger partial charge in [-0.1, -0.05) is 79.8 Å². The summed E-state index contributed by atoms with van der Waals surface area (Å²) < 4.78 is 49.0. The molecular formula is C34H42F3NO5. The minimum Gasteiger partial charge on any atom is -0.462 e. The largest absolute Gasteiger partial charge is 0.462 e. The summed E-state index contributed by atoms with van der Waals surface area (Å²) in [5.74, 6) is -2.97. The van der Waals surface area contributed by atoms with Gasteiger partial charge in [-0.15, -0.1) is 0 Å². The molecule has 1 N–H and O–H groups in total. The summed E-state index contributed by atoms with van der Waals surface area (Å²) in [6, 6.07) is 2.13. The smallest absolute Gasteiger partial charge is 0.416 e. The normalized spacial score (nSPS) is 12.5. The molecule has 43 heavy (non-hydrogen) atoms. The van der Waals surface area contributed by atoms with Gasteiger partial charge in [0.15, 0.2) is 0 Å². The molecule has 0 bridgehead atoms. The zero-order chi connectivity index (χ0) is 31.8. The Labute approximate surface area is 252 Å². The molecule has 0 heterocycles. The van der Waals surface area contributed by atoms with Crippen molar-refractivity contribution < 1.29 is 37.0 Å². The predicted molar refractivity (Wildman–Crippen MR) is 163 cm³/mol. The van der Waals surface area contributed by atoms with Crippen molar-refractivity contribution in [3.05, 3.63) is 102 Å². The van der Waals surface area contributed by atoms with Crippen LogP contribution in [0.4, 0.5) is 13.2 Å². The van der Waals surface area contributed by atoms with Crippen molar-refractivity contribution in [1.82, 2.24) is 5.32 Å². The molecule has 1 aromatic rings. The first-order chi connectivity index (χ1) is 20.7. The number of nitrogens with one attached hydrogen (secondary N) is 1. The second-order valence-corrected chi connectivity index (χ2v) is 9.13. The van der Waals surface area contributed by atoms with E-state index in [9.17, 15) is 27.6 Å². The third-order valence-electron chi connectivity index (χ3n) is 5.59. The Morgan fingerprint density at radius 1 is 0.767 bits per heavy atom. The van der Waals surface area contributed by atoms with Crippen LogP contribution in [0, 0.1) is 0 Å². The van der Waals surface area contributed by atoms with Gasteiger partial charge in [-0.3, -0.25) is 4.79 Å². The number of carbonyl (C=O) groups excluding carboxylic acids is 3. The third-order valence-corrected chi connectivity index (χ3v) is 5.59. The lowest BCUT2D eigenvalue weighted by atomic mass is 10.1. The molecule has 0 radical (unpaired) electrons. The molecule has 1 amide bonds. The predicted octanol–water partition coefficient (Wildman–Crippen LogP) is 8.38. The molecule has 0 fully saturated rings. The van der Waals surface area contributed by atoms with Gasteiger partial charge >= 0.3 is 18.1 Å². The summed E-state index contributed by atoms with van der Waals surface area (Å²) in [6.45, 7) is 3.07. The first-order valence-corrected chi connectivity index (χ1v) is 14.4. The minimum absolute atomic E-state index is 0.0138. The molecule has 0 aliphatic carbocycles. The van der Waals surface area contributed by atoms with E-state index in [4.69, 9.17) is 9.47 Å². The Bertz CT molecular complexity index is 1180. The molecular weight excluding hydrogens is 559 g/mol. The number of allylic oxidation sites excluding steroid dienone is 12. The van der Waals surface area contributed by atoms with Gasteiger partial charge in [0.05, 0.1) is 12.2 Å². The number of alkyl halides is 3. The first kappa shape index (κ1) is 36.9. The van der Waals surface area contributed by atoms with Crippen LogP contribution in [0.25, 0.3) is 0 Å². The maximum Gasteiger partial charge on any atom is 0.416 e. The van der Waals surface area contributed by atoms with E-state index in [1.54, 1.807) is 0 Å². The zero-order valence-electron chi connectivity index (χ0n) is 24.9. The summed E-state index contributed by atoms with van der Waals surface area (Å²) >= 11 is 0. The fourth-order valence-electron chi connectivity index (χ4n) is 3.43. The van der Waals surface area contributed by atoms with E-state index in [-0.39, 0.29) is 18.6 Å². The summed E-state index contributed by atoms with van der Waals surface area (Å²) in [7, 11) is 0. The van der Waals surface area contributed by atoms with Gasteiger partial charge in [0.25, 0.3) is 0 Å². The molecule has 1 rings (SSSR count). The second-order valence-electron chi connectivity index (χ2n) is 9.13. The van der Waals surface area contributed by atoms with Crippen LogP contribution >= 0.6 is 0 Å². The number of amides is 1. The van der Waals surface area contributed by atoms with Gasteiger partial charge in [-0.2, -0.15) is 13.2 Å². The van der Waals surface area contributed by atoms with E-state index in [2.05, 4.69) is 66.9 Å². The fraction of sp³-hybridized carbons (Fsp3) is 0.382. The number of hydrogen-bond donors (Lipinski definition) is 1. The van der Waals surface area contributed by atoms with Crippen molar-refractivity contribution in [2.24, 2.45) is 0 Å². The SMILES string of the molecule is CC/C=C\C/C=C\C/C=C\C/C=C\C/C=C\C/C=C\CCC(=O)NCC(=O)Oc1cc(C(F)(F)F)ccc1C(=O)OCC. The lowest BCUT2D eigenvalue weighted by Gasteiger charge is -2.13. The fourth-order valence-corrected chi connectivity index (χ4v) is 3.43. The molecule has 0 saturated carbocycles. The Balaban J connectivity index is 2.29. The van der Waals surface area contributed by atoms with Crippen molar-refractivity contribution >= 4 is 17.8 Å². The van der Waals surface area contributed by atoms with Crippen LogP contribution in [0.2, 0.25) is 0 Å². The van der Waals surface area contributed by atoms with E-state index in [0.29, 0.717) is 18.6 Å². The van der Waals surface area contributed by atoms with Crippen LogP contribution < -0.4 is 10.1 Å². The Kier molecular flexibility index (Phi) is 19.3. The van der Waals surface area contributed by atoms with Gasteiger partial charge < -0.3 is 14.8 Å². The van der Waals surface area contributed by atoms with Crippen LogP contribution in [-0.4, -0.2) is 31.0 Å². The maximum absolute atomic E-state index is 13.1. The van der Waals surface area contributed by atoms with E-state index < -0.39 is 41.9 Å². The molecule has 6 nitrogen and oxygen atoms in total. The number of carbonyl (C=O) groups is 3. The van der Waals surface area contributed by atoms with Crippen molar-refractivity contribution in [3.63, 3.8) is 0 Å². The Morgan fingerprint density at radius 2 is 1.28 bits per heavy atom. The van der Waals surface area contributed by atoms with Crippen molar-refractivity contribution in [2.75, 3.05) is 13.2 Å². The zero-order valence-corrected chi connectivity index (χ0v) is 24.9. The summed E-state index contributed by atoms with van der Waals surface area (Å²) in [5.41, 5.74) is -1.42. The molecule has 234 valence electrons. The van der Waals surface area contributed by atoms with Crippen molar-refractivity contribution in [3.8, 4) is 5.75 Å². The molecule has 9 heteroatoms. The molecule has 0 aliphatic rings. The topological polar surface area (TPSA) is 81.7 Å². The average Bonchev–Trinajstić information content (AvgIpc) is 2.97. The van der Waals surface area contributed by atoms with Crippen LogP contribution in [0.15, 0.2) is 91.1 Å². The second kappa shape index (κ2) is 22.5. The lowest BCUT2D eigenvalue weighted by Crippen LogP contribution is -2.32. The van der Waals surface area contributed by atoms with E-state index in [1.807, 2.05) is 18.2 Å². The number of halogens is 3. The van der Waals surface area contributed by atoms with E-state index in [0.717, 1.165) is 44.6 Å². The van der Waals surface area contributed by atoms with Crippen LogP contribution in [0.5, 0.6) is 5.75 Å². The van der Waals surface area contributed by atoms with Gasteiger partial charge in [0.1, 0.15) is 17.9 Å². The highest BCUT2D eigenvalue weighted by molar-refractivity contribution is 5.94. The molecule has 1 aromatic carbocycles. The van der Waals surface area contributed by atoms with Crippen molar-refractivity contribution in [1.29, 1.82) is 0 Å². The number of esters is 2. The molecule has 0 aromatic heterocycles. The van der Waals surface area contributed by atoms with Crippen LogP contribution in [-0.2, 0) is 20.5 Å². The first-order valence-electron chi connectivity index (χ1n) is 14.4. The molecule has 0 saturated heterocycles. The Hall–Kier alpha value is -4.14. The highest BCUT2D eigenvalue weighted by atomic mass is 19.4. The number of hydrogen-bond acceptors (Lipinski definition) is 5. The number of benzene rings is 1. The lowest BCUT2D eigenvalue weighted by molar-refractivity contribution is -0.139. The monoisotopic (exact) mass is 601 g/mol. The highest BCUT2D eigenvalue weighted by Crippen LogP contribution is 2.33. The van der Waals surface area contributed by atoms with Gasteiger partial charge in [-0.05, 0) is 70.1 Å². The quantitative estimate of drug-likeness (QED) is 0.0979. The molecule has 0 spiro atoms. The molecule has 0 aliphatic heterocycles. The standard InChI is InChI=1S/C34H42F3NO5/c1-3-5-6-7-8-9-10-11-12-13-14-15-16-17-18-19-20-21-22-23-31(39)38-27-32(40)43-30-26-28(34(35,36)37)24-25-29(30)33(41)42-4-2/h5-6,8-9,11-12,14-15,17-18,20-21,24-26H,3-4,7,10,13,16,19,22-23,27H2,1-2H3,(H,38,39)/b6-5-,9-8-,12-11-,15-14-,18-17-,21-20-. The van der Waals surface area contributed by atoms with E-state index in [1.165, 1.54) is 6.92 Å². The van der Waals surface area contributed by atoms with Crippen molar-refractivity contribution in [2.45, 2.75) is 71.4 Å². The number of ether oxygens (including phenoxy) is 2. The summed E-state index contributed by atoms with van der Waals surface area (Å²) in [5, 5.41) is 2.36.